The van der Waals surface area contributed by atoms with Crippen molar-refractivity contribution in [3.05, 3.63) is 27.8 Å². The summed E-state index contributed by atoms with van der Waals surface area (Å²) in [7, 11) is -2.75. The molecule has 0 spiro atoms. The Balaban J connectivity index is 2.62. The minimum Gasteiger partial charge on any atom is -0.469 e. The van der Waals surface area contributed by atoms with Crippen LogP contribution in [0.2, 0.25) is 0 Å². The van der Waals surface area contributed by atoms with E-state index in [1.807, 2.05) is 20.8 Å². The van der Waals surface area contributed by atoms with Crippen LogP contribution in [0.15, 0.2) is 4.90 Å². The van der Waals surface area contributed by atoms with E-state index < -0.39 is 27.9 Å². The summed E-state index contributed by atoms with van der Waals surface area (Å²) in [6.07, 6.45) is -0.316. The van der Waals surface area contributed by atoms with Crippen LogP contribution in [-0.2, 0) is 24.3 Å². The van der Waals surface area contributed by atoms with Crippen molar-refractivity contribution in [2.45, 2.75) is 52.0 Å². The van der Waals surface area contributed by atoms with Gasteiger partial charge in [-0.2, -0.15) is 4.31 Å². The third-order valence-corrected chi connectivity index (χ3v) is 7.55. The number of methoxy groups -OCH3 is 1. The highest BCUT2D eigenvalue weighted by Crippen LogP contribution is 2.33. The normalized spacial score (nSPS) is 18.5. The van der Waals surface area contributed by atoms with Gasteiger partial charge in [0.05, 0.1) is 18.4 Å². The van der Waals surface area contributed by atoms with E-state index in [4.69, 9.17) is 0 Å². The van der Waals surface area contributed by atoms with E-state index in [1.165, 1.54) is 7.11 Å². The van der Waals surface area contributed by atoms with Crippen molar-refractivity contribution in [3.63, 3.8) is 0 Å². The first-order valence-electron chi connectivity index (χ1n) is 8.47. The summed E-state index contributed by atoms with van der Waals surface area (Å²) < 4.78 is 32.7. The molecule has 144 valence electrons. The summed E-state index contributed by atoms with van der Waals surface area (Å²) >= 11 is 0. The largest absolute Gasteiger partial charge is 0.469 e. The van der Waals surface area contributed by atoms with Crippen LogP contribution in [0, 0.1) is 34.6 Å². The molecule has 0 saturated carbocycles. The van der Waals surface area contributed by atoms with Crippen LogP contribution < -0.4 is 5.32 Å². The summed E-state index contributed by atoms with van der Waals surface area (Å²) in [5.74, 6) is -1.11. The standard InChI is InChI=1S/C18H26N2O5S/c1-10-11(2)13(4)17(14(5)12(10)3)26(23,24)20-8-7-19-18(22)15(20)9-16(21)25-6/h15H,7-9H2,1-6H3,(H,19,22). The van der Waals surface area contributed by atoms with Gasteiger partial charge < -0.3 is 10.1 Å². The molecule has 1 aromatic rings. The van der Waals surface area contributed by atoms with Crippen LogP contribution in [0.25, 0.3) is 0 Å². The second-order valence-corrected chi connectivity index (χ2v) is 8.48. The summed E-state index contributed by atoms with van der Waals surface area (Å²) in [4.78, 5) is 24.2. The molecular weight excluding hydrogens is 356 g/mol. The molecule has 1 fully saturated rings. The second-order valence-electron chi connectivity index (χ2n) is 6.66. The van der Waals surface area contributed by atoms with Crippen molar-refractivity contribution in [2.75, 3.05) is 20.2 Å². The molecule has 1 atom stereocenters. The quantitative estimate of drug-likeness (QED) is 0.792. The molecule has 7 nitrogen and oxygen atoms in total. The van der Waals surface area contributed by atoms with Gasteiger partial charge in [0.15, 0.2) is 0 Å². The van der Waals surface area contributed by atoms with Crippen LogP contribution in [-0.4, -0.2) is 50.8 Å². The topological polar surface area (TPSA) is 92.8 Å². The molecule has 1 saturated heterocycles. The Kier molecular flexibility index (Phi) is 5.77. The van der Waals surface area contributed by atoms with Gasteiger partial charge in [-0.25, -0.2) is 8.42 Å². The molecule has 0 bridgehead atoms. The Morgan fingerprint density at radius 1 is 1.08 bits per heavy atom. The summed E-state index contributed by atoms with van der Waals surface area (Å²) in [5, 5.41) is 2.62. The molecule has 1 aromatic carbocycles. The number of rotatable bonds is 4. The maximum Gasteiger partial charge on any atom is 0.307 e. The molecule has 2 rings (SSSR count). The van der Waals surface area contributed by atoms with Crippen LogP contribution in [0.1, 0.15) is 34.2 Å². The van der Waals surface area contributed by atoms with Crippen LogP contribution >= 0.6 is 0 Å². The zero-order chi connectivity index (χ0) is 19.8. The van der Waals surface area contributed by atoms with E-state index in [0.29, 0.717) is 11.1 Å². The Bertz CT molecular complexity index is 832. The Morgan fingerprint density at radius 3 is 2.08 bits per heavy atom. The molecular formula is C18H26N2O5S. The first-order chi connectivity index (χ1) is 12.0. The van der Waals surface area contributed by atoms with Crippen molar-refractivity contribution in [1.29, 1.82) is 0 Å². The van der Waals surface area contributed by atoms with Gasteiger partial charge in [0.2, 0.25) is 15.9 Å². The lowest BCUT2D eigenvalue weighted by Gasteiger charge is -2.34. The lowest BCUT2D eigenvalue weighted by atomic mass is 9.95. The van der Waals surface area contributed by atoms with Gasteiger partial charge in [-0.3, -0.25) is 9.59 Å². The number of benzene rings is 1. The molecule has 1 N–H and O–H groups in total. The number of piperazine rings is 1. The smallest absolute Gasteiger partial charge is 0.307 e. The number of amides is 1. The summed E-state index contributed by atoms with van der Waals surface area (Å²) in [6, 6.07) is -1.11. The van der Waals surface area contributed by atoms with E-state index in [2.05, 4.69) is 10.1 Å². The average molecular weight is 382 g/mol. The van der Waals surface area contributed by atoms with E-state index in [1.54, 1.807) is 13.8 Å². The molecule has 0 aromatic heterocycles. The third-order valence-electron chi connectivity index (χ3n) is 5.37. The number of carbonyl (C=O) groups is 2. The van der Waals surface area contributed by atoms with E-state index in [0.717, 1.165) is 21.0 Å². The monoisotopic (exact) mass is 382 g/mol. The predicted molar refractivity (Wildman–Crippen MR) is 97.4 cm³/mol. The first-order valence-corrected chi connectivity index (χ1v) is 9.91. The van der Waals surface area contributed by atoms with E-state index in [9.17, 15) is 18.0 Å². The molecule has 0 radical (unpaired) electrons. The summed E-state index contributed by atoms with van der Waals surface area (Å²) in [5.41, 5.74) is 4.23. The number of hydrogen-bond donors (Lipinski definition) is 1. The predicted octanol–water partition coefficient (Wildman–Crippen LogP) is 1.28. The number of hydrogen-bond acceptors (Lipinski definition) is 5. The minimum absolute atomic E-state index is 0.112. The second kappa shape index (κ2) is 7.36. The molecule has 8 heteroatoms. The van der Waals surface area contributed by atoms with Crippen molar-refractivity contribution in [1.82, 2.24) is 9.62 Å². The molecule has 26 heavy (non-hydrogen) atoms. The molecule has 1 amide bonds. The number of ether oxygens (including phenoxy) is 1. The Labute approximate surface area is 154 Å². The molecule has 1 unspecified atom stereocenters. The van der Waals surface area contributed by atoms with Gasteiger partial charge in [0.1, 0.15) is 6.04 Å². The number of nitrogens with zero attached hydrogens (tertiary/aromatic N) is 1. The van der Waals surface area contributed by atoms with E-state index in [-0.39, 0.29) is 24.4 Å². The third kappa shape index (κ3) is 3.35. The molecule has 0 aliphatic carbocycles. The fraction of sp³-hybridized carbons (Fsp3) is 0.556. The average Bonchev–Trinajstić information content (AvgIpc) is 2.59. The van der Waals surface area contributed by atoms with Crippen LogP contribution in [0.3, 0.4) is 0 Å². The van der Waals surface area contributed by atoms with Crippen LogP contribution in [0.5, 0.6) is 0 Å². The number of esters is 1. The van der Waals surface area contributed by atoms with Crippen molar-refractivity contribution in [2.24, 2.45) is 0 Å². The van der Waals surface area contributed by atoms with Gasteiger partial charge in [-0.15, -0.1) is 0 Å². The molecule has 1 aliphatic rings. The lowest BCUT2D eigenvalue weighted by molar-refractivity contribution is -0.144. The molecule has 1 aliphatic heterocycles. The first kappa shape index (κ1) is 20.4. The Hall–Kier alpha value is -1.93. The van der Waals surface area contributed by atoms with Crippen molar-refractivity contribution < 1.29 is 22.7 Å². The zero-order valence-electron chi connectivity index (χ0n) is 16.1. The maximum atomic E-state index is 13.5. The summed E-state index contributed by atoms with van der Waals surface area (Å²) in [6.45, 7) is 9.63. The number of carbonyl (C=O) groups excluding carboxylic acids is 2. The van der Waals surface area contributed by atoms with Gasteiger partial charge in [0, 0.05) is 13.1 Å². The highest BCUT2D eigenvalue weighted by atomic mass is 32.2. The number of nitrogens with one attached hydrogen (secondary N) is 1. The van der Waals surface area contributed by atoms with Gasteiger partial charge in [-0.1, -0.05) is 0 Å². The van der Waals surface area contributed by atoms with E-state index >= 15 is 0 Å². The number of sulfonamides is 1. The van der Waals surface area contributed by atoms with Gasteiger partial charge >= 0.3 is 5.97 Å². The maximum absolute atomic E-state index is 13.5. The zero-order valence-corrected chi connectivity index (χ0v) is 16.9. The van der Waals surface area contributed by atoms with Crippen LogP contribution in [0.4, 0.5) is 0 Å². The van der Waals surface area contributed by atoms with Gasteiger partial charge in [0.25, 0.3) is 0 Å². The minimum atomic E-state index is -3.96. The van der Waals surface area contributed by atoms with Crippen molar-refractivity contribution >= 4 is 21.9 Å². The van der Waals surface area contributed by atoms with Crippen molar-refractivity contribution in [3.8, 4) is 0 Å². The lowest BCUT2D eigenvalue weighted by Crippen LogP contribution is -2.57. The highest BCUT2D eigenvalue weighted by molar-refractivity contribution is 7.89. The SMILES string of the molecule is COC(=O)CC1C(=O)NCCN1S(=O)(=O)c1c(C)c(C)c(C)c(C)c1C. The molecule has 1 heterocycles. The highest BCUT2D eigenvalue weighted by Gasteiger charge is 2.41. The fourth-order valence-electron chi connectivity index (χ4n) is 3.39. The van der Waals surface area contributed by atoms with Gasteiger partial charge in [-0.05, 0) is 62.4 Å². The Morgan fingerprint density at radius 2 is 1.58 bits per heavy atom. The fourth-order valence-corrected chi connectivity index (χ4v) is 5.54.